The molecule has 27 heavy (non-hydrogen) atoms. The molecule has 0 saturated carbocycles. The molecule has 2 amide bonds. The molecule has 0 saturated heterocycles. The van der Waals surface area contributed by atoms with Gasteiger partial charge < -0.3 is 9.47 Å². The molecule has 0 aliphatic rings. The Labute approximate surface area is 159 Å². The Morgan fingerprint density at radius 1 is 1.07 bits per heavy atom. The number of hydrogen-bond acceptors (Lipinski definition) is 4. The molecule has 2 rings (SSSR count). The highest BCUT2D eigenvalue weighted by atomic mass is 16.5. The maximum Gasteiger partial charge on any atom is 0.279 e. The molecular formula is C21H24N2O4. The molecule has 0 radical (unpaired) electrons. The van der Waals surface area contributed by atoms with Crippen molar-refractivity contribution < 1.29 is 19.1 Å². The predicted molar refractivity (Wildman–Crippen MR) is 104 cm³/mol. The van der Waals surface area contributed by atoms with E-state index in [9.17, 15) is 9.59 Å². The maximum absolute atomic E-state index is 12.3. The Kier molecular flexibility index (Phi) is 7.00. The number of aryl methyl sites for hydroxylation is 2. The monoisotopic (exact) mass is 368 g/mol. The minimum Gasteiger partial charge on any atom is -0.489 e. The molecule has 0 aliphatic carbocycles. The van der Waals surface area contributed by atoms with Crippen molar-refractivity contribution in [1.82, 2.24) is 10.9 Å². The van der Waals surface area contributed by atoms with Crippen LogP contribution in [-0.2, 0) is 4.79 Å². The topological polar surface area (TPSA) is 76.7 Å². The number of hydrazine groups is 1. The zero-order valence-electron chi connectivity index (χ0n) is 15.7. The maximum atomic E-state index is 12.3. The zero-order chi connectivity index (χ0) is 19.8. The van der Waals surface area contributed by atoms with Crippen molar-refractivity contribution >= 4 is 11.8 Å². The molecule has 142 valence electrons. The minimum atomic E-state index is -0.780. The second-order valence-corrected chi connectivity index (χ2v) is 6.02. The quantitative estimate of drug-likeness (QED) is 0.582. The number of amides is 2. The molecule has 2 aromatic carbocycles. The number of benzene rings is 2. The van der Waals surface area contributed by atoms with Crippen LogP contribution in [-0.4, -0.2) is 24.5 Å². The third-order valence-corrected chi connectivity index (χ3v) is 3.86. The average molecular weight is 368 g/mol. The van der Waals surface area contributed by atoms with E-state index in [0.717, 1.165) is 11.1 Å². The molecular weight excluding hydrogens is 344 g/mol. The molecule has 2 aromatic rings. The van der Waals surface area contributed by atoms with Gasteiger partial charge in [-0.3, -0.25) is 20.4 Å². The third kappa shape index (κ3) is 5.34. The molecule has 6 nitrogen and oxygen atoms in total. The lowest BCUT2D eigenvalue weighted by Crippen LogP contribution is -2.47. The van der Waals surface area contributed by atoms with Crippen molar-refractivity contribution in [3.8, 4) is 11.5 Å². The second-order valence-electron chi connectivity index (χ2n) is 6.02. The molecule has 0 heterocycles. The van der Waals surface area contributed by atoms with Crippen LogP contribution < -0.4 is 20.3 Å². The van der Waals surface area contributed by atoms with Gasteiger partial charge in [0.25, 0.3) is 11.8 Å². The molecule has 6 heteroatoms. The third-order valence-electron chi connectivity index (χ3n) is 3.86. The summed E-state index contributed by atoms with van der Waals surface area (Å²) in [5.74, 6) is 0.122. The van der Waals surface area contributed by atoms with Crippen LogP contribution >= 0.6 is 0 Å². The van der Waals surface area contributed by atoms with Crippen LogP contribution in [0, 0.1) is 13.8 Å². The first-order valence-electron chi connectivity index (χ1n) is 8.59. The van der Waals surface area contributed by atoms with Crippen LogP contribution in [0.15, 0.2) is 55.1 Å². The van der Waals surface area contributed by atoms with Gasteiger partial charge in [0.15, 0.2) is 6.10 Å². The fourth-order valence-electron chi connectivity index (χ4n) is 2.43. The zero-order valence-corrected chi connectivity index (χ0v) is 15.7. The highest BCUT2D eigenvalue weighted by molar-refractivity contribution is 5.98. The fourth-order valence-corrected chi connectivity index (χ4v) is 2.43. The van der Waals surface area contributed by atoms with Crippen LogP contribution in [0.4, 0.5) is 0 Å². The highest BCUT2D eigenvalue weighted by Gasteiger charge is 2.18. The summed E-state index contributed by atoms with van der Waals surface area (Å²) < 4.78 is 11.2. The van der Waals surface area contributed by atoms with E-state index in [4.69, 9.17) is 9.47 Å². The fraction of sp³-hybridized carbons (Fsp3) is 0.238. The van der Waals surface area contributed by atoms with Crippen LogP contribution in [0.25, 0.3) is 0 Å². The first-order chi connectivity index (χ1) is 12.9. The van der Waals surface area contributed by atoms with Gasteiger partial charge in [-0.1, -0.05) is 43.0 Å². The molecule has 0 aliphatic heterocycles. The van der Waals surface area contributed by atoms with E-state index in [-0.39, 0.29) is 6.61 Å². The first-order valence-corrected chi connectivity index (χ1v) is 8.59. The molecule has 0 aromatic heterocycles. The van der Waals surface area contributed by atoms with Gasteiger partial charge >= 0.3 is 0 Å². The summed E-state index contributed by atoms with van der Waals surface area (Å²) >= 11 is 0. The Hall–Kier alpha value is -3.28. The van der Waals surface area contributed by atoms with Crippen molar-refractivity contribution in [1.29, 1.82) is 0 Å². The van der Waals surface area contributed by atoms with Gasteiger partial charge in [-0.15, -0.1) is 0 Å². The van der Waals surface area contributed by atoms with E-state index < -0.39 is 17.9 Å². The highest BCUT2D eigenvalue weighted by Crippen LogP contribution is 2.23. The number of ether oxygens (including phenoxy) is 2. The normalized spacial score (nSPS) is 11.2. The van der Waals surface area contributed by atoms with Crippen LogP contribution in [0.5, 0.6) is 11.5 Å². The van der Waals surface area contributed by atoms with E-state index in [1.807, 2.05) is 32.0 Å². The summed E-state index contributed by atoms with van der Waals surface area (Å²) in [6.45, 7) is 9.30. The smallest absolute Gasteiger partial charge is 0.279 e. The van der Waals surface area contributed by atoms with E-state index in [1.165, 1.54) is 0 Å². The largest absolute Gasteiger partial charge is 0.489 e. The lowest BCUT2D eigenvalue weighted by Gasteiger charge is -2.18. The summed E-state index contributed by atoms with van der Waals surface area (Å²) in [4.78, 5) is 24.6. The molecule has 0 fully saturated rings. The SMILES string of the molecule is C=CCOc1ccccc1C(=O)NNC(=O)C(C)Oc1c(C)cccc1C. The van der Waals surface area contributed by atoms with E-state index in [0.29, 0.717) is 17.1 Å². The van der Waals surface area contributed by atoms with Gasteiger partial charge in [0.05, 0.1) is 5.56 Å². The number of carbonyl (C=O) groups is 2. The summed E-state index contributed by atoms with van der Waals surface area (Å²) in [6, 6.07) is 12.5. The lowest BCUT2D eigenvalue weighted by molar-refractivity contribution is -0.128. The van der Waals surface area contributed by atoms with Crippen LogP contribution in [0.1, 0.15) is 28.4 Å². The van der Waals surface area contributed by atoms with Crippen molar-refractivity contribution in [2.75, 3.05) is 6.61 Å². The van der Waals surface area contributed by atoms with Gasteiger partial charge in [0.1, 0.15) is 18.1 Å². The minimum absolute atomic E-state index is 0.275. The number of para-hydroxylation sites is 2. The molecule has 1 atom stereocenters. The van der Waals surface area contributed by atoms with E-state index in [2.05, 4.69) is 17.4 Å². The Morgan fingerprint density at radius 2 is 1.74 bits per heavy atom. The Bertz CT molecular complexity index is 812. The predicted octanol–water partition coefficient (Wildman–Crippen LogP) is 3.10. The van der Waals surface area contributed by atoms with Crippen LogP contribution in [0.2, 0.25) is 0 Å². The van der Waals surface area contributed by atoms with Gasteiger partial charge in [-0.2, -0.15) is 0 Å². The lowest BCUT2D eigenvalue weighted by atomic mass is 10.1. The standard InChI is InChI=1S/C21H24N2O4/c1-5-13-26-18-12-7-6-11-17(18)21(25)23-22-20(24)16(4)27-19-14(2)9-8-10-15(19)3/h5-12,16H,1,13H2,2-4H3,(H,22,24)(H,23,25). The van der Waals surface area contributed by atoms with Gasteiger partial charge in [0, 0.05) is 0 Å². The van der Waals surface area contributed by atoms with Gasteiger partial charge in [-0.25, -0.2) is 0 Å². The summed E-state index contributed by atoms with van der Waals surface area (Å²) in [5, 5.41) is 0. The van der Waals surface area contributed by atoms with Crippen molar-refractivity contribution in [2.45, 2.75) is 26.9 Å². The second kappa shape index (κ2) is 9.43. The number of hydrogen-bond donors (Lipinski definition) is 2. The molecule has 0 spiro atoms. The molecule has 1 unspecified atom stereocenters. The van der Waals surface area contributed by atoms with Crippen LogP contribution in [0.3, 0.4) is 0 Å². The number of nitrogens with one attached hydrogen (secondary N) is 2. The summed E-state index contributed by atoms with van der Waals surface area (Å²) in [7, 11) is 0. The van der Waals surface area contributed by atoms with Crippen molar-refractivity contribution in [3.63, 3.8) is 0 Å². The molecule has 0 bridgehead atoms. The Balaban J connectivity index is 1.97. The molecule has 2 N–H and O–H groups in total. The van der Waals surface area contributed by atoms with Gasteiger partial charge in [-0.05, 0) is 44.0 Å². The van der Waals surface area contributed by atoms with Gasteiger partial charge in [0.2, 0.25) is 0 Å². The van der Waals surface area contributed by atoms with Crippen molar-refractivity contribution in [2.24, 2.45) is 0 Å². The number of carbonyl (C=O) groups excluding carboxylic acids is 2. The van der Waals surface area contributed by atoms with Crippen molar-refractivity contribution in [3.05, 3.63) is 71.8 Å². The summed E-state index contributed by atoms with van der Waals surface area (Å²) in [5.41, 5.74) is 6.95. The van der Waals surface area contributed by atoms with E-state index >= 15 is 0 Å². The van der Waals surface area contributed by atoms with E-state index in [1.54, 1.807) is 37.3 Å². The number of rotatable bonds is 7. The Morgan fingerprint density at radius 3 is 2.41 bits per heavy atom. The summed E-state index contributed by atoms with van der Waals surface area (Å²) in [6.07, 6.45) is 0.806. The average Bonchev–Trinajstić information content (AvgIpc) is 2.67. The first kappa shape index (κ1) is 20.0.